The van der Waals surface area contributed by atoms with Crippen molar-refractivity contribution in [2.45, 2.75) is 6.04 Å². The third-order valence-corrected chi connectivity index (χ3v) is 1.27. The summed E-state index contributed by atoms with van der Waals surface area (Å²) in [5, 5.41) is 0. The summed E-state index contributed by atoms with van der Waals surface area (Å²) in [6.07, 6.45) is 0. The lowest BCUT2D eigenvalue weighted by atomic mass is 10.4. The standard InChI is InChI=1S/C5H10N2O3S/c6-1-4(8)10-5(9)3(7)2-11/h3,11H,1-2,6-7H2/t3-/m0/s1. The minimum Gasteiger partial charge on any atom is -0.391 e. The van der Waals surface area contributed by atoms with E-state index in [4.69, 9.17) is 11.5 Å². The number of carbonyl (C=O) groups is 2. The first kappa shape index (κ1) is 10.4. The molecule has 0 heterocycles. The zero-order valence-electron chi connectivity index (χ0n) is 5.82. The van der Waals surface area contributed by atoms with Gasteiger partial charge in [0, 0.05) is 5.75 Å². The summed E-state index contributed by atoms with van der Waals surface area (Å²) in [4.78, 5) is 21.1. The van der Waals surface area contributed by atoms with Crippen molar-refractivity contribution in [3.8, 4) is 0 Å². The molecule has 11 heavy (non-hydrogen) atoms. The molecule has 0 spiro atoms. The van der Waals surface area contributed by atoms with Crippen molar-refractivity contribution >= 4 is 24.6 Å². The highest BCUT2D eigenvalue weighted by Gasteiger charge is 2.15. The number of nitrogens with two attached hydrogens (primary N) is 2. The van der Waals surface area contributed by atoms with E-state index in [1.807, 2.05) is 0 Å². The Balaban J connectivity index is 3.77. The zero-order chi connectivity index (χ0) is 8.85. The van der Waals surface area contributed by atoms with Crippen LogP contribution in [-0.4, -0.2) is 30.3 Å². The Morgan fingerprint density at radius 1 is 1.55 bits per heavy atom. The Bertz CT molecular complexity index is 162. The normalized spacial score (nSPS) is 12.3. The molecule has 0 saturated heterocycles. The van der Waals surface area contributed by atoms with E-state index in [9.17, 15) is 9.59 Å². The van der Waals surface area contributed by atoms with Crippen molar-refractivity contribution in [2.24, 2.45) is 11.5 Å². The fourth-order valence-corrected chi connectivity index (χ4v) is 0.453. The van der Waals surface area contributed by atoms with Crippen molar-refractivity contribution in [1.29, 1.82) is 0 Å². The molecule has 0 aromatic rings. The number of carbonyl (C=O) groups excluding carboxylic acids is 2. The molecular formula is C5H10N2O3S. The van der Waals surface area contributed by atoms with Gasteiger partial charge in [-0.05, 0) is 0 Å². The first-order chi connectivity index (χ1) is 5.11. The molecule has 0 aliphatic heterocycles. The van der Waals surface area contributed by atoms with Gasteiger partial charge in [-0.25, -0.2) is 4.79 Å². The summed E-state index contributed by atoms with van der Waals surface area (Å²) < 4.78 is 4.18. The van der Waals surface area contributed by atoms with E-state index in [-0.39, 0.29) is 12.3 Å². The van der Waals surface area contributed by atoms with Gasteiger partial charge in [-0.1, -0.05) is 0 Å². The fourth-order valence-electron chi connectivity index (χ4n) is 0.304. The van der Waals surface area contributed by atoms with E-state index < -0.39 is 18.0 Å². The van der Waals surface area contributed by atoms with Gasteiger partial charge in [0.05, 0.1) is 6.54 Å². The van der Waals surface area contributed by atoms with Crippen molar-refractivity contribution in [3.05, 3.63) is 0 Å². The van der Waals surface area contributed by atoms with Crippen LogP contribution in [0.2, 0.25) is 0 Å². The summed E-state index contributed by atoms with van der Waals surface area (Å²) in [6, 6.07) is -0.867. The Hall–Kier alpha value is -0.590. The van der Waals surface area contributed by atoms with E-state index in [2.05, 4.69) is 17.4 Å². The molecule has 5 nitrogen and oxygen atoms in total. The molecule has 0 aliphatic carbocycles. The predicted molar refractivity (Wildman–Crippen MR) is 42.0 cm³/mol. The zero-order valence-corrected chi connectivity index (χ0v) is 6.71. The van der Waals surface area contributed by atoms with E-state index in [1.165, 1.54) is 0 Å². The van der Waals surface area contributed by atoms with Crippen LogP contribution in [0, 0.1) is 0 Å². The third kappa shape index (κ3) is 3.97. The fraction of sp³-hybridized carbons (Fsp3) is 0.600. The summed E-state index contributed by atoms with van der Waals surface area (Å²) in [6.45, 7) is -0.328. The maximum absolute atomic E-state index is 10.7. The number of ether oxygens (including phenoxy) is 1. The lowest BCUT2D eigenvalue weighted by Gasteiger charge is -2.05. The van der Waals surface area contributed by atoms with E-state index in [1.54, 1.807) is 0 Å². The SMILES string of the molecule is NCC(=O)OC(=O)[C@@H](N)CS. The first-order valence-corrected chi connectivity index (χ1v) is 3.56. The summed E-state index contributed by atoms with van der Waals surface area (Å²) in [5.41, 5.74) is 10.1. The van der Waals surface area contributed by atoms with E-state index >= 15 is 0 Å². The minimum atomic E-state index is -0.867. The Morgan fingerprint density at radius 3 is 2.45 bits per heavy atom. The van der Waals surface area contributed by atoms with Crippen molar-refractivity contribution in [1.82, 2.24) is 0 Å². The molecule has 64 valence electrons. The second kappa shape index (κ2) is 5.11. The number of esters is 2. The largest absolute Gasteiger partial charge is 0.391 e. The number of rotatable bonds is 3. The molecule has 0 amide bonds. The maximum atomic E-state index is 10.7. The highest BCUT2D eigenvalue weighted by atomic mass is 32.1. The first-order valence-electron chi connectivity index (χ1n) is 2.92. The maximum Gasteiger partial charge on any atom is 0.331 e. The quantitative estimate of drug-likeness (QED) is 0.271. The predicted octanol–water partition coefficient (Wildman–Crippen LogP) is -1.73. The molecule has 4 N–H and O–H groups in total. The summed E-state index contributed by atoms with van der Waals surface area (Å²) in [7, 11) is 0. The van der Waals surface area contributed by atoms with Crippen molar-refractivity contribution in [3.63, 3.8) is 0 Å². The van der Waals surface area contributed by atoms with Crippen LogP contribution < -0.4 is 11.5 Å². The van der Waals surface area contributed by atoms with Gasteiger partial charge >= 0.3 is 11.9 Å². The van der Waals surface area contributed by atoms with E-state index in [0.717, 1.165) is 0 Å². The number of hydrogen-bond acceptors (Lipinski definition) is 6. The van der Waals surface area contributed by atoms with Gasteiger partial charge in [0.1, 0.15) is 6.04 Å². The van der Waals surface area contributed by atoms with Gasteiger partial charge in [0.25, 0.3) is 0 Å². The summed E-state index contributed by atoms with van der Waals surface area (Å²) in [5.74, 6) is -1.45. The van der Waals surface area contributed by atoms with Crippen LogP contribution >= 0.6 is 12.6 Å². The van der Waals surface area contributed by atoms with Gasteiger partial charge in [-0.2, -0.15) is 12.6 Å². The van der Waals surface area contributed by atoms with Crippen LogP contribution in [0.3, 0.4) is 0 Å². The molecule has 0 aromatic carbocycles. The number of thiol groups is 1. The third-order valence-electron chi connectivity index (χ3n) is 0.881. The number of hydrogen-bond donors (Lipinski definition) is 3. The van der Waals surface area contributed by atoms with Gasteiger partial charge in [0.2, 0.25) is 0 Å². The van der Waals surface area contributed by atoms with Crippen LogP contribution in [0.5, 0.6) is 0 Å². The smallest absolute Gasteiger partial charge is 0.331 e. The average molecular weight is 178 g/mol. The highest BCUT2D eigenvalue weighted by molar-refractivity contribution is 7.80. The Morgan fingerprint density at radius 2 is 2.09 bits per heavy atom. The summed E-state index contributed by atoms with van der Waals surface area (Å²) >= 11 is 3.74. The highest BCUT2D eigenvalue weighted by Crippen LogP contribution is 1.88. The molecule has 0 saturated carbocycles. The van der Waals surface area contributed by atoms with Crippen molar-refractivity contribution in [2.75, 3.05) is 12.3 Å². The van der Waals surface area contributed by atoms with Gasteiger partial charge in [-0.15, -0.1) is 0 Å². The van der Waals surface area contributed by atoms with Crippen molar-refractivity contribution < 1.29 is 14.3 Å². The molecule has 0 rings (SSSR count). The Kier molecular flexibility index (Phi) is 4.84. The molecular weight excluding hydrogens is 168 g/mol. The van der Waals surface area contributed by atoms with E-state index in [0.29, 0.717) is 0 Å². The van der Waals surface area contributed by atoms with Gasteiger partial charge in [-0.3, -0.25) is 4.79 Å². The minimum absolute atomic E-state index is 0.136. The molecule has 0 radical (unpaired) electrons. The lowest BCUT2D eigenvalue weighted by Crippen LogP contribution is -2.36. The topological polar surface area (TPSA) is 95.4 Å². The Labute approximate surface area is 69.5 Å². The molecule has 0 unspecified atom stereocenters. The van der Waals surface area contributed by atoms with Crippen LogP contribution in [0.25, 0.3) is 0 Å². The lowest BCUT2D eigenvalue weighted by molar-refractivity contribution is -0.159. The van der Waals surface area contributed by atoms with Gasteiger partial charge in [0.15, 0.2) is 0 Å². The molecule has 0 aromatic heterocycles. The molecule has 0 aliphatic rings. The monoisotopic (exact) mass is 178 g/mol. The average Bonchev–Trinajstić information content (AvgIpc) is 2.02. The van der Waals surface area contributed by atoms with Crippen LogP contribution in [0.15, 0.2) is 0 Å². The molecule has 6 heteroatoms. The van der Waals surface area contributed by atoms with Gasteiger partial charge < -0.3 is 16.2 Å². The second-order valence-electron chi connectivity index (χ2n) is 1.79. The van der Waals surface area contributed by atoms with Crippen LogP contribution in [-0.2, 0) is 14.3 Å². The van der Waals surface area contributed by atoms with Crippen LogP contribution in [0.4, 0.5) is 0 Å². The van der Waals surface area contributed by atoms with Crippen LogP contribution in [0.1, 0.15) is 0 Å². The second-order valence-corrected chi connectivity index (χ2v) is 2.15. The molecule has 0 bridgehead atoms. The molecule has 1 atom stereocenters. The molecule has 0 fully saturated rings.